The van der Waals surface area contributed by atoms with Crippen LogP contribution in [0.1, 0.15) is 35.3 Å². The molecular weight excluding hydrogens is 274 g/mol. The standard InChI is InChI=1S/C13H15N5O3/c1-8-9(6-14-13-15-7-16-18(8)13)11(19)17-5-3-2-4-10(17)12(20)21/h6-7,10H,2-5H2,1H3,(H,20,21)/t10-/m1/s1. The van der Waals surface area contributed by atoms with Crippen LogP contribution in [0.5, 0.6) is 0 Å². The number of aromatic nitrogens is 4. The van der Waals surface area contributed by atoms with E-state index in [4.69, 9.17) is 0 Å². The second kappa shape index (κ2) is 5.12. The van der Waals surface area contributed by atoms with Crippen LogP contribution in [0.15, 0.2) is 12.5 Å². The van der Waals surface area contributed by atoms with Crippen molar-refractivity contribution in [2.45, 2.75) is 32.2 Å². The molecule has 0 saturated carbocycles. The topological polar surface area (TPSA) is 101 Å². The molecule has 8 heteroatoms. The average Bonchev–Trinajstić information content (AvgIpc) is 2.96. The Kier molecular flexibility index (Phi) is 3.28. The van der Waals surface area contributed by atoms with E-state index in [1.54, 1.807) is 6.92 Å². The molecule has 0 bridgehead atoms. The maximum atomic E-state index is 12.7. The van der Waals surface area contributed by atoms with Gasteiger partial charge in [-0.2, -0.15) is 10.1 Å². The van der Waals surface area contributed by atoms with E-state index in [9.17, 15) is 14.7 Å². The van der Waals surface area contributed by atoms with Gasteiger partial charge in [0.05, 0.1) is 11.3 Å². The lowest BCUT2D eigenvalue weighted by molar-refractivity contribution is -0.143. The highest BCUT2D eigenvalue weighted by Gasteiger charge is 2.33. The molecule has 0 aliphatic carbocycles. The van der Waals surface area contributed by atoms with E-state index in [0.29, 0.717) is 30.0 Å². The predicted molar refractivity (Wildman–Crippen MR) is 71.8 cm³/mol. The summed E-state index contributed by atoms with van der Waals surface area (Å²) in [5.74, 6) is -0.863. The van der Waals surface area contributed by atoms with Crippen LogP contribution < -0.4 is 0 Å². The molecule has 0 unspecified atom stereocenters. The molecular formula is C13H15N5O3. The third-order valence-electron chi connectivity index (χ3n) is 3.83. The smallest absolute Gasteiger partial charge is 0.326 e. The van der Waals surface area contributed by atoms with Crippen molar-refractivity contribution in [1.82, 2.24) is 24.5 Å². The minimum atomic E-state index is -0.963. The van der Waals surface area contributed by atoms with E-state index in [1.807, 2.05) is 0 Å². The van der Waals surface area contributed by atoms with Gasteiger partial charge in [-0.25, -0.2) is 14.3 Å². The van der Waals surface area contributed by atoms with Crippen LogP contribution in [-0.2, 0) is 4.79 Å². The number of hydrogen-bond donors (Lipinski definition) is 1. The second-order valence-electron chi connectivity index (χ2n) is 5.08. The number of hydrogen-bond acceptors (Lipinski definition) is 5. The van der Waals surface area contributed by atoms with Crippen LogP contribution >= 0.6 is 0 Å². The molecule has 21 heavy (non-hydrogen) atoms. The normalized spacial score (nSPS) is 18.9. The summed E-state index contributed by atoms with van der Waals surface area (Å²) in [7, 11) is 0. The van der Waals surface area contributed by atoms with Crippen molar-refractivity contribution >= 4 is 17.7 Å². The number of likely N-dealkylation sites (tertiary alicyclic amines) is 1. The van der Waals surface area contributed by atoms with E-state index in [0.717, 1.165) is 12.8 Å². The largest absolute Gasteiger partial charge is 0.480 e. The zero-order chi connectivity index (χ0) is 15.0. The van der Waals surface area contributed by atoms with Gasteiger partial charge < -0.3 is 10.0 Å². The van der Waals surface area contributed by atoms with Crippen molar-refractivity contribution in [1.29, 1.82) is 0 Å². The quantitative estimate of drug-likeness (QED) is 0.864. The minimum absolute atomic E-state index is 0.315. The molecule has 3 heterocycles. The van der Waals surface area contributed by atoms with Crippen LogP contribution in [0, 0.1) is 6.92 Å². The van der Waals surface area contributed by atoms with E-state index >= 15 is 0 Å². The number of aryl methyl sites for hydroxylation is 1. The predicted octanol–water partition coefficient (Wildman–Crippen LogP) is 0.512. The fourth-order valence-corrected chi connectivity index (χ4v) is 2.69. The van der Waals surface area contributed by atoms with Crippen molar-refractivity contribution in [3.8, 4) is 0 Å². The number of fused-ring (bicyclic) bond motifs is 1. The first-order valence-electron chi connectivity index (χ1n) is 6.78. The van der Waals surface area contributed by atoms with Gasteiger partial charge in [-0.15, -0.1) is 0 Å². The summed E-state index contributed by atoms with van der Waals surface area (Å²) < 4.78 is 1.48. The molecule has 0 spiro atoms. The van der Waals surface area contributed by atoms with E-state index < -0.39 is 12.0 Å². The third kappa shape index (κ3) is 2.22. The zero-order valence-corrected chi connectivity index (χ0v) is 11.6. The Morgan fingerprint density at radius 3 is 2.90 bits per heavy atom. The summed E-state index contributed by atoms with van der Waals surface area (Å²) in [5, 5.41) is 13.3. The summed E-state index contributed by atoms with van der Waals surface area (Å²) in [6.07, 6.45) is 4.92. The molecule has 110 valence electrons. The minimum Gasteiger partial charge on any atom is -0.480 e. The molecule has 1 atom stereocenters. The maximum absolute atomic E-state index is 12.7. The summed E-state index contributed by atoms with van der Waals surface area (Å²) in [6, 6.07) is -0.767. The molecule has 8 nitrogen and oxygen atoms in total. The van der Waals surface area contributed by atoms with Crippen LogP contribution in [0.4, 0.5) is 0 Å². The Bertz CT molecular complexity index is 711. The Morgan fingerprint density at radius 1 is 1.33 bits per heavy atom. The number of carboxylic acid groups (broad SMARTS) is 1. The molecule has 2 aromatic rings. The summed E-state index contributed by atoms with van der Waals surface area (Å²) >= 11 is 0. The van der Waals surface area contributed by atoms with E-state index in [2.05, 4.69) is 15.1 Å². The van der Waals surface area contributed by atoms with Crippen LogP contribution in [-0.4, -0.2) is 54.1 Å². The van der Waals surface area contributed by atoms with Gasteiger partial charge in [0.2, 0.25) is 0 Å². The van der Waals surface area contributed by atoms with Crippen molar-refractivity contribution in [3.05, 3.63) is 23.8 Å². The fraction of sp³-hybridized carbons (Fsp3) is 0.462. The van der Waals surface area contributed by atoms with Crippen molar-refractivity contribution in [2.75, 3.05) is 6.54 Å². The maximum Gasteiger partial charge on any atom is 0.326 e. The fourth-order valence-electron chi connectivity index (χ4n) is 2.69. The van der Waals surface area contributed by atoms with E-state index in [1.165, 1.54) is 21.9 Å². The van der Waals surface area contributed by atoms with Gasteiger partial charge in [0.1, 0.15) is 12.4 Å². The number of carbonyl (C=O) groups excluding carboxylic acids is 1. The number of piperidine rings is 1. The lowest BCUT2D eigenvalue weighted by Gasteiger charge is -2.33. The molecule has 0 radical (unpaired) electrons. The first-order chi connectivity index (χ1) is 10.1. The van der Waals surface area contributed by atoms with Crippen LogP contribution in [0.3, 0.4) is 0 Å². The SMILES string of the molecule is Cc1c(C(=O)N2CCCC[C@@H]2C(=O)O)cnc2ncnn12. The lowest BCUT2D eigenvalue weighted by Crippen LogP contribution is -2.48. The second-order valence-corrected chi connectivity index (χ2v) is 5.08. The highest BCUT2D eigenvalue weighted by molar-refractivity contribution is 5.97. The van der Waals surface area contributed by atoms with Gasteiger partial charge in [-0.3, -0.25) is 4.79 Å². The first kappa shape index (κ1) is 13.5. The highest BCUT2D eigenvalue weighted by atomic mass is 16.4. The molecule has 1 aliphatic heterocycles. The molecule has 0 aromatic carbocycles. The zero-order valence-electron chi connectivity index (χ0n) is 11.6. The molecule has 1 saturated heterocycles. The number of aliphatic carboxylic acids is 1. The monoisotopic (exact) mass is 289 g/mol. The summed E-state index contributed by atoms with van der Waals surface area (Å²) in [5.41, 5.74) is 0.971. The van der Waals surface area contributed by atoms with Gasteiger partial charge in [-0.1, -0.05) is 0 Å². The van der Waals surface area contributed by atoms with Crippen molar-refractivity contribution in [2.24, 2.45) is 0 Å². The molecule has 1 amide bonds. The number of rotatable bonds is 2. The van der Waals surface area contributed by atoms with Crippen LogP contribution in [0.2, 0.25) is 0 Å². The molecule has 2 aromatic heterocycles. The average molecular weight is 289 g/mol. The Hall–Kier alpha value is -2.51. The number of amides is 1. The number of nitrogens with zero attached hydrogens (tertiary/aromatic N) is 5. The van der Waals surface area contributed by atoms with Crippen molar-refractivity contribution in [3.63, 3.8) is 0 Å². The van der Waals surface area contributed by atoms with Crippen molar-refractivity contribution < 1.29 is 14.7 Å². The summed E-state index contributed by atoms with van der Waals surface area (Å²) in [4.78, 5) is 33.4. The first-order valence-corrected chi connectivity index (χ1v) is 6.78. The molecule has 1 aliphatic rings. The Balaban J connectivity index is 1.99. The van der Waals surface area contributed by atoms with Gasteiger partial charge in [0, 0.05) is 12.7 Å². The van der Waals surface area contributed by atoms with E-state index in [-0.39, 0.29) is 5.91 Å². The van der Waals surface area contributed by atoms with Gasteiger partial charge >= 0.3 is 5.97 Å². The van der Waals surface area contributed by atoms with Gasteiger partial charge in [0.15, 0.2) is 0 Å². The number of carbonyl (C=O) groups is 2. The molecule has 3 rings (SSSR count). The summed E-state index contributed by atoms with van der Waals surface area (Å²) in [6.45, 7) is 2.20. The number of carboxylic acids is 1. The van der Waals surface area contributed by atoms with Gasteiger partial charge in [0.25, 0.3) is 11.7 Å². The molecule has 1 N–H and O–H groups in total. The highest BCUT2D eigenvalue weighted by Crippen LogP contribution is 2.21. The lowest BCUT2D eigenvalue weighted by atomic mass is 10.0. The van der Waals surface area contributed by atoms with Crippen LogP contribution in [0.25, 0.3) is 5.78 Å². The van der Waals surface area contributed by atoms with Gasteiger partial charge in [-0.05, 0) is 26.2 Å². The Morgan fingerprint density at radius 2 is 2.14 bits per heavy atom. The third-order valence-corrected chi connectivity index (χ3v) is 3.83. The molecule has 1 fully saturated rings. The Labute approximate surface area is 120 Å².